The molecule has 0 radical (unpaired) electrons. The van der Waals surface area contributed by atoms with Crippen LogP contribution in [0, 0.1) is 0 Å². The first-order valence-corrected chi connectivity index (χ1v) is 14.8. The Labute approximate surface area is 265 Å². The molecule has 0 atom stereocenters. The van der Waals surface area contributed by atoms with Crippen LogP contribution in [0.25, 0.3) is 27.7 Å². The summed E-state index contributed by atoms with van der Waals surface area (Å²) in [7, 11) is 0. The Balaban J connectivity index is 1.98. The third-order valence-electron chi connectivity index (χ3n) is 6.66. The second-order valence-corrected chi connectivity index (χ2v) is 11.9. The number of rotatable bonds is 8. The molecule has 218 valence electrons. The maximum atomic E-state index is 14.6. The van der Waals surface area contributed by atoms with Gasteiger partial charge in [0.15, 0.2) is 0 Å². The fourth-order valence-electron chi connectivity index (χ4n) is 4.72. The average molecular weight is 652 g/mol. The topological polar surface area (TPSA) is 112 Å². The summed E-state index contributed by atoms with van der Waals surface area (Å²) in [6, 6.07) is 13.9. The molecule has 0 aliphatic rings. The number of nitrogens with two attached hydrogens (primary N) is 2. The summed E-state index contributed by atoms with van der Waals surface area (Å²) >= 11 is 20.3. The lowest BCUT2D eigenvalue weighted by molar-refractivity contribution is 0.688. The molecule has 0 spiro atoms. The van der Waals surface area contributed by atoms with E-state index < -0.39 is 11.2 Å². The molecular weight excluding hydrogens is 627 g/mol. The zero-order valence-corrected chi connectivity index (χ0v) is 25.9. The van der Waals surface area contributed by atoms with E-state index in [2.05, 4.69) is 11.6 Å². The fourth-order valence-corrected chi connectivity index (χ4v) is 5.92. The smallest absolute Gasteiger partial charge is 0.336 e. The zero-order chi connectivity index (χ0) is 30.8. The summed E-state index contributed by atoms with van der Waals surface area (Å²) in [5, 5.41) is 4.93. The van der Waals surface area contributed by atoms with Gasteiger partial charge in [0.25, 0.3) is 5.56 Å². The van der Waals surface area contributed by atoms with E-state index in [0.29, 0.717) is 31.7 Å². The SMILES string of the molecule is C=C/C=C\C(=C(/C)N)N(N)c1c(-c2ccc(Cl)c(Cl)c2)n(Cc2csc(Cl)c2)c(=O)n(-c2cncc3ccccc23)c1=O. The van der Waals surface area contributed by atoms with E-state index >= 15 is 0 Å². The summed E-state index contributed by atoms with van der Waals surface area (Å²) in [5.74, 6) is 6.75. The van der Waals surface area contributed by atoms with Gasteiger partial charge in [0.05, 0.1) is 44.2 Å². The minimum atomic E-state index is -0.697. The van der Waals surface area contributed by atoms with Crippen LogP contribution >= 0.6 is 46.1 Å². The maximum absolute atomic E-state index is 14.6. The van der Waals surface area contributed by atoms with E-state index in [1.165, 1.54) is 27.1 Å². The summed E-state index contributed by atoms with van der Waals surface area (Å²) in [4.78, 5) is 33.5. The highest BCUT2D eigenvalue weighted by Gasteiger charge is 2.27. The van der Waals surface area contributed by atoms with Crippen molar-refractivity contribution in [2.24, 2.45) is 11.6 Å². The second-order valence-electron chi connectivity index (χ2n) is 9.51. The Morgan fingerprint density at radius 2 is 1.86 bits per heavy atom. The molecule has 0 aliphatic carbocycles. The van der Waals surface area contributed by atoms with Crippen molar-refractivity contribution in [3.63, 3.8) is 0 Å². The number of hydrogen-bond donors (Lipinski definition) is 2. The van der Waals surface area contributed by atoms with Crippen LogP contribution < -0.4 is 27.8 Å². The molecule has 3 heterocycles. The average Bonchev–Trinajstić information content (AvgIpc) is 3.40. The van der Waals surface area contributed by atoms with Gasteiger partial charge in [-0.1, -0.05) is 83.9 Å². The number of hydrogen-bond acceptors (Lipinski definition) is 7. The molecule has 0 amide bonds. The number of aromatic nitrogens is 3. The van der Waals surface area contributed by atoms with Gasteiger partial charge in [0.2, 0.25) is 0 Å². The maximum Gasteiger partial charge on any atom is 0.336 e. The summed E-state index contributed by atoms with van der Waals surface area (Å²) in [6.07, 6.45) is 7.95. The van der Waals surface area contributed by atoms with Gasteiger partial charge in [-0.25, -0.2) is 15.2 Å². The van der Waals surface area contributed by atoms with Gasteiger partial charge < -0.3 is 5.73 Å². The van der Waals surface area contributed by atoms with Gasteiger partial charge in [-0.15, -0.1) is 11.3 Å². The number of halogens is 3. The van der Waals surface area contributed by atoms with Crippen LogP contribution in [0.4, 0.5) is 5.69 Å². The molecule has 0 fully saturated rings. The van der Waals surface area contributed by atoms with Gasteiger partial charge in [0.1, 0.15) is 5.69 Å². The highest BCUT2D eigenvalue weighted by molar-refractivity contribution is 7.14. The number of fused-ring (bicyclic) bond motifs is 1. The Morgan fingerprint density at radius 3 is 2.53 bits per heavy atom. The molecule has 0 aliphatic heterocycles. The van der Waals surface area contributed by atoms with Crippen molar-refractivity contribution >= 4 is 62.6 Å². The van der Waals surface area contributed by atoms with Gasteiger partial charge in [0, 0.05) is 28.2 Å². The van der Waals surface area contributed by atoms with Crippen LogP contribution in [-0.4, -0.2) is 14.1 Å². The number of anilines is 1. The van der Waals surface area contributed by atoms with Crippen molar-refractivity contribution in [1.82, 2.24) is 14.1 Å². The van der Waals surface area contributed by atoms with Crippen molar-refractivity contribution in [2.75, 3.05) is 5.01 Å². The van der Waals surface area contributed by atoms with Gasteiger partial charge in [-0.2, -0.15) is 0 Å². The monoisotopic (exact) mass is 650 g/mol. The third-order valence-corrected chi connectivity index (χ3v) is 8.54. The number of nitrogens with zero attached hydrogens (tertiary/aromatic N) is 4. The van der Waals surface area contributed by atoms with Crippen molar-refractivity contribution < 1.29 is 0 Å². The molecule has 5 aromatic rings. The zero-order valence-electron chi connectivity index (χ0n) is 22.8. The molecule has 0 saturated carbocycles. The van der Waals surface area contributed by atoms with Crippen molar-refractivity contribution in [3.05, 3.63) is 143 Å². The molecule has 43 heavy (non-hydrogen) atoms. The Bertz CT molecular complexity index is 2050. The second kappa shape index (κ2) is 12.6. The lowest BCUT2D eigenvalue weighted by Crippen LogP contribution is -2.46. The lowest BCUT2D eigenvalue weighted by Gasteiger charge is -2.27. The number of hydrazine groups is 1. The van der Waals surface area contributed by atoms with Crippen molar-refractivity contribution in [1.29, 1.82) is 0 Å². The van der Waals surface area contributed by atoms with Crippen molar-refractivity contribution in [2.45, 2.75) is 13.5 Å². The normalized spacial score (nSPS) is 12.1. The summed E-state index contributed by atoms with van der Waals surface area (Å²) < 4.78 is 3.07. The molecule has 4 N–H and O–H groups in total. The Kier molecular flexibility index (Phi) is 8.91. The quantitative estimate of drug-likeness (QED) is 0.107. The Morgan fingerprint density at radius 1 is 1.09 bits per heavy atom. The van der Waals surface area contributed by atoms with Crippen LogP contribution in [0.3, 0.4) is 0 Å². The van der Waals surface area contributed by atoms with E-state index in [9.17, 15) is 9.59 Å². The fraction of sp³-hybridized carbons (Fsp3) is 0.0645. The van der Waals surface area contributed by atoms with E-state index in [4.69, 9.17) is 46.4 Å². The predicted octanol–water partition coefficient (Wildman–Crippen LogP) is 6.90. The van der Waals surface area contributed by atoms with Crippen LogP contribution in [0.2, 0.25) is 14.4 Å². The Hall–Kier alpha value is -4.12. The van der Waals surface area contributed by atoms with Gasteiger partial charge in [-0.05, 0) is 42.1 Å². The van der Waals surface area contributed by atoms with Crippen LogP contribution in [-0.2, 0) is 6.54 Å². The molecule has 0 unspecified atom stereocenters. The van der Waals surface area contributed by atoms with E-state index in [1.54, 1.807) is 55.6 Å². The molecule has 2 aromatic carbocycles. The highest BCUT2D eigenvalue weighted by atomic mass is 35.5. The van der Waals surface area contributed by atoms with Gasteiger partial charge in [-0.3, -0.25) is 19.4 Å². The number of benzene rings is 2. The van der Waals surface area contributed by atoms with Crippen LogP contribution in [0.1, 0.15) is 12.5 Å². The number of thiophene rings is 1. The number of pyridine rings is 1. The molecular formula is C31H25Cl3N6O2S. The first-order valence-electron chi connectivity index (χ1n) is 12.8. The minimum absolute atomic E-state index is 0.0410. The molecule has 8 nitrogen and oxygen atoms in total. The highest BCUT2D eigenvalue weighted by Crippen LogP contribution is 2.34. The molecule has 3 aromatic heterocycles. The standard InChI is InChI=1S/C31H25Cl3N6O2S/c1-3-4-9-25(18(2)35)40(36)29-28(20-10-11-23(32)24(33)13-20)38(16-19-12-27(34)43-17-19)31(42)39(30(29)41)26-15-37-14-21-7-5-6-8-22(21)26/h3-15,17H,1,16,35-36H2,2H3/b9-4-,25-18-. The number of allylic oxidation sites excluding steroid dienone is 4. The molecule has 12 heteroatoms. The molecule has 0 bridgehead atoms. The van der Waals surface area contributed by atoms with Crippen LogP contribution in [0.15, 0.2) is 112 Å². The lowest BCUT2D eigenvalue weighted by atomic mass is 10.1. The van der Waals surface area contributed by atoms with E-state index in [-0.39, 0.29) is 28.6 Å². The molecule has 0 saturated heterocycles. The summed E-state index contributed by atoms with van der Waals surface area (Å²) in [6.45, 7) is 5.42. The van der Waals surface area contributed by atoms with E-state index in [0.717, 1.165) is 15.5 Å². The van der Waals surface area contributed by atoms with Gasteiger partial charge >= 0.3 is 5.69 Å². The first kappa shape index (κ1) is 30.3. The first-order chi connectivity index (χ1) is 20.6. The predicted molar refractivity (Wildman–Crippen MR) is 178 cm³/mol. The minimum Gasteiger partial charge on any atom is -0.401 e. The van der Waals surface area contributed by atoms with Crippen LogP contribution in [0.5, 0.6) is 0 Å². The van der Waals surface area contributed by atoms with E-state index in [1.807, 2.05) is 29.6 Å². The summed E-state index contributed by atoms with van der Waals surface area (Å²) in [5.41, 5.74) is 7.18. The van der Waals surface area contributed by atoms with Crippen molar-refractivity contribution in [3.8, 4) is 16.9 Å². The third kappa shape index (κ3) is 5.90. The largest absolute Gasteiger partial charge is 0.401 e. The molecule has 5 rings (SSSR count).